The molecule has 1 aromatic rings. The van der Waals surface area contributed by atoms with Gasteiger partial charge in [-0.3, -0.25) is 0 Å². The first-order valence-corrected chi connectivity index (χ1v) is 2.96. The monoisotopic (exact) mass is 135 g/mol. The van der Waals surface area contributed by atoms with Crippen molar-refractivity contribution in [2.75, 3.05) is 0 Å². The van der Waals surface area contributed by atoms with Crippen LogP contribution in [-0.2, 0) is 16.1 Å². The third-order valence-corrected chi connectivity index (χ3v) is 1.14. The highest BCUT2D eigenvalue weighted by Crippen LogP contribution is 1.98. The summed E-state index contributed by atoms with van der Waals surface area (Å²) in [6, 6.07) is 9.47. The van der Waals surface area contributed by atoms with E-state index < -0.39 is 0 Å². The fourth-order valence-electron chi connectivity index (χ4n) is 0.687. The average Bonchev–Trinajstić information content (AvgIpc) is 2.03. The molecule has 10 heavy (non-hydrogen) atoms. The van der Waals surface area contributed by atoms with Gasteiger partial charge in [0.25, 0.3) is 0 Å². The predicted molar refractivity (Wildman–Crippen MR) is 36.9 cm³/mol. The molecule has 0 aliphatic carbocycles. The first kappa shape index (κ1) is 6.81. The molecule has 0 heterocycles. The van der Waals surface area contributed by atoms with Gasteiger partial charge in [-0.05, 0) is 5.56 Å². The number of rotatable bonds is 3. The van der Waals surface area contributed by atoms with Crippen molar-refractivity contribution in [2.24, 2.45) is 0 Å². The second-order valence-corrected chi connectivity index (χ2v) is 1.86. The zero-order chi connectivity index (χ0) is 7.23. The summed E-state index contributed by atoms with van der Waals surface area (Å²) in [5.41, 5.74) is 0.978. The summed E-state index contributed by atoms with van der Waals surface area (Å²) in [5, 5.41) is 0. The summed E-state index contributed by atoms with van der Waals surface area (Å²) in [4.78, 5) is 9.63. The van der Waals surface area contributed by atoms with Crippen LogP contribution in [0.5, 0.6) is 0 Å². The van der Waals surface area contributed by atoms with Crippen LogP contribution in [-0.4, -0.2) is 6.47 Å². The smallest absolute Gasteiger partial charge is 0.0745 e. The summed E-state index contributed by atoms with van der Waals surface area (Å²) >= 11 is 0. The summed E-state index contributed by atoms with van der Waals surface area (Å²) < 4.78 is 4.41. The van der Waals surface area contributed by atoms with Crippen molar-refractivity contribution in [1.82, 2.24) is 0 Å². The maximum Gasteiger partial charge on any atom is 0.0745 e. The van der Waals surface area contributed by atoms with Crippen molar-refractivity contribution in [3.63, 3.8) is 0 Å². The van der Waals surface area contributed by atoms with Crippen molar-refractivity contribution in [3.05, 3.63) is 35.9 Å². The zero-order valence-electron chi connectivity index (χ0n) is 5.41. The van der Waals surface area contributed by atoms with Gasteiger partial charge in [0.1, 0.15) is 0 Å². The van der Waals surface area contributed by atoms with E-state index in [1.807, 2.05) is 30.3 Å². The van der Waals surface area contributed by atoms with Crippen LogP contribution in [0.4, 0.5) is 0 Å². The Morgan fingerprint density at radius 3 is 2.60 bits per heavy atom. The van der Waals surface area contributed by atoms with E-state index in [-0.39, 0.29) is 0 Å². The Hall–Kier alpha value is -1.31. The third-order valence-electron chi connectivity index (χ3n) is 1.14. The lowest BCUT2D eigenvalue weighted by atomic mass is 10.2. The Bertz CT molecular complexity index is 194. The van der Waals surface area contributed by atoms with Gasteiger partial charge in [0, 0.05) is 0 Å². The molecule has 0 saturated carbocycles. The fourth-order valence-corrected chi connectivity index (χ4v) is 0.687. The molecule has 0 aromatic heterocycles. The summed E-state index contributed by atoms with van der Waals surface area (Å²) in [6.45, 7) is 1.68. The van der Waals surface area contributed by atoms with Crippen molar-refractivity contribution in [3.8, 4) is 0 Å². The lowest BCUT2D eigenvalue weighted by molar-refractivity contribution is 0.267. The van der Waals surface area contributed by atoms with Gasteiger partial charge in [-0.25, -0.2) is 0 Å². The van der Waals surface area contributed by atoms with E-state index in [0.717, 1.165) is 5.56 Å². The first-order valence-electron chi connectivity index (χ1n) is 2.96. The molecule has 52 valence electrons. The lowest BCUT2D eigenvalue weighted by Gasteiger charge is -2.05. The van der Waals surface area contributed by atoms with Crippen LogP contribution in [0.25, 0.3) is 0 Å². The van der Waals surface area contributed by atoms with Crippen molar-refractivity contribution < 1.29 is 9.53 Å². The van der Waals surface area contributed by atoms with Crippen molar-refractivity contribution >= 4 is 6.47 Å². The summed E-state index contributed by atoms with van der Waals surface area (Å²) in [5.74, 6) is 0. The lowest BCUT2D eigenvalue weighted by Crippen LogP contribution is -1.87. The van der Waals surface area contributed by atoms with Crippen LogP contribution in [0.15, 0.2) is 30.3 Å². The van der Waals surface area contributed by atoms with Crippen molar-refractivity contribution in [1.29, 1.82) is 0 Å². The predicted octanol–water partition coefficient (Wildman–Crippen LogP) is 1.27. The SMILES string of the molecule is O=[C-]OCc1ccccc1. The standard InChI is InChI=1S/C8H7O2/c9-7-10-6-8-4-2-1-3-5-8/h1-5H,6H2/q-1. The number of hydrogen-bond donors (Lipinski definition) is 0. The van der Waals surface area contributed by atoms with Gasteiger partial charge in [0.15, 0.2) is 0 Å². The highest BCUT2D eigenvalue weighted by atomic mass is 16.5. The summed E-state index contributed by atoms with van der Waals surface area (Å²) in [7, 11) is 0. The zero-order valence-corrected chi connectivity index (χ0v) is 5.41. The van der Waals surface area contributed by atoms with Crippen LogP contribution in [0.3, 0.4) is 0 Å². The second-order valence-electron chi connectivity index (χ2n) is 1.86. The molecule has 0 atom stereocenters. The molecule has 1 aromatic carbocycles. The molecule has 2 nitrogen and oxygen atoms in total. The molecule has 0 radical (unpaired) electrons. The molecule has 0 N–H and O–H groups in total. The molecule has 0 aliphatic rings. The van der Waals surface area contributed by atoms with Crippen molar-refractivity contribution in [2.45, 2.75) is 6.61 Å². The van der Waals surface area contributed by atoms with E-state index in [2.05, 4.69) is 4.74 Å². The summed E-state index contributed by atoms with van der Waals surface area (Å²) in [6.07, 6.45) is 0. The first-order chi connectivity index (χ1) is 4.93. The maximum absolute atomic E-state index is 9.63. The van der Waals surface area contributed by atoms with Crippen LogP contribution in [0.1, 0.15) is 5.56 Å². The topological polar surface area (TPSA) is 26.3 Å². The van der Waals surface area contributed by atoms with Gasteiger partial charge in [-0.2, -0.15) is 0 Å². The molecule has 0 unspecified atom stereocenters. The van der Waals surface area contributed by atoms with E-state index in [4.69, 9.17) is 0 Å². The van der Waals surface area contributed by atoms with Gasteiger partial charge in [-0.15, -0.1) is 0 Å². The minimum Gasteiger partial charge on any atom is -0.650 e. The normalized spacial score (nSPS) is 8.80. The van der Waals surface area contributed by atoms with E-state index in [1.165, 1.54) is 6.47 Å². The minimum atomic E-state index is 0.310. The van der Waals surface area contributed by atoms with Crippen LogP contribution >= 0.6 is 0 Å². The van der Waals surface area contributed by atoms with E-state index in [0.29, 0.717) is 6.61 Å². The fraction of sp³-hybridized carbons (Fsp3) is 0.125. The molecule has 0 aliphatic heterocycles. The second kappa shape index (κ2) is 3.67. The Balaban J connectivity index is 2.50. The van der Waals surface area contributed by atoms with Crippen LogP contribution in [0.2, 0.25) is 0 Å². The molecular weight excluding hydrogens is 128 g/mol. The Morgan fingerprint density at radius 2 is 2.00 bits per heavy atom. The van der Waals surface area contributed by atoms with Gasteiger partial charge in [-0.1, -0.05) is 36.8 Å². The third kappa shape index (κ3) is 1.90. The van der Waals surface area contributed by atoms with Crippen LogP contribution in [0, 0.1) is 0 Å². The van der Waals surface area contributed by atoms with Gasteiger partial charge in [0.05, 0.1) is 6.61 Å². The Morgan fingerprint density at radius 1 is 1.30 bits per heavy atom. The average molecular weight is 135 g/mol. The minimum absolute atomic E-state index is 0.310. The molecule has 0 saturated heterocycles. The van der Waals surface area contributed by atoms with Crippen LogP contribution < -0.4 is 0 Å². The maximum atomic E-state index is 9.63. The van der Waals surface area contributed by atoms with Gasteiger partial charge < -0.3 is 9.53 Å². The Kier molecular flexibility index (Phi) is 2.49. The largest absolute Gasteiger partial charge is 0.650 e. The quantitative estimate of drug-likeness (QED) is 0.583. The molecule has 0 amide bonds. The number of ether oxygens (including phenoxy) is 1. The molecule has 1 rings (SSSR count). The van der Waals surface area contributed by atoms with E-state index >= 15 is 0 Å². The molecule has 2 heteroatoms. The number of hydrogen-bond acceptors (Lipinski definition) is 2. The molecule has 0 spiro atoms. The van der Waals surface area contributed by atoms with E-state index in [1.54, 1.807) is 0 Å². The van der Waals surface area contributed by atoms with E-state index in [9.17, 15) is 4.79 Å². The van der Waals surface area contributed by atoms with Gasteiger partial charge >= 0.3 is 0 Å². The molecule has 0 fully saturated rings. The highest BCUT2D eigenvalue weighted by molar-refractivity contribution is 5.38. The number of carbonyl (C=O) groups excluding carboxylic acids is 1. The molecular formula is C8H7O2-. The van der Waals surface area contributed by atoms with Gasteiger partial charge in [0.2, 0.25) is 0 Å². The molecule has 0 bridgehead atoms. The highest BCUT2D eigenvalue weighted by Gasteiger charge is 1.83. The Labute approximate surface area is 59.4 Å². The number of benzene rings is 1.